The smallest absolute Gasteiger partial charge is 0.344 e. The highest BCUT2D eigenvalue weighted by atomic mass is 35.5. The molecule has 0 unspecified atom stereocenters. The van der Waals surface area contributed by atoms with Crippen molar-refractivity contribution in [3.8, 4) is 23.0 Å². The van der Waals surface area contributed by atoms with Crippen molar-refractivity contribution in [1.29, 1.82) is 0 Å². The molecule has 3 rings (SSSR count). The van der Waals surface area contributed by atoms with Crippen LogP contribution in [0.5, 0.6) is 11.5 Å². The van der Waals surface area contributed by atoms with Crippen LogP contribution in [0.15, 0.2) is 57.0 Å². The number of hydrogen-bond donors (Lipinski definition) is 1. The van der Waals surface area contributed by atoms with Crippen molar-refractivity contribution in [3.05, 3.63) is 58.0 Å². The molecule has 0 fully saturated rings. The number of carboxylic acids is 1. The quantitative estimate of drug-likeness (QED) is 0.246. The molecule has 0 aliphatic rings. The number of carbonyl (C=O) groups excluding carboxylic acids is 1. The number of nitrogens with zero attached hydrogens (tertiary/aromatic N) is 2. The Labute approximate surface area is 198 Å². The fourth-order valence-electron chi connectivity index (χ4n) is 2.57. The van der Waals surface area contributed by atoms with E-state index in [1.807, 2.05) is 0 Å². The fourth-order valence-corrected chi connectivity index (χ4v) is 3.37. The molecule has 11 heteroatoms. The van der Waals surface area contributed by atoms with Crippen LogP contribution in [0.2, 0.25) is 5.02 Å². The lowest BCUT2D eigenvalue weighted by molar-refractivity contribution is -0.145. The number of aromatic nitrogens is 2. The van der Waals surface area contributed by atoms with Gasteiger partial charge in [-0.25, -0.2) is 9.59 Å². The van der Waals surface area contributed by atoms with Crippen LogP contribution in [0.4, 0.5) is 0 Å². The zero-order valence-corrected chi connectivity index (χ0v) is 19.2. The molecule has 1 aromatic heterocycles. The molecular weight excluding hydrogens is 472 g/mol. The van der Waals surface area contributed by atoms with Gasteiger partial charge < -0.3 is 23.7 Å². The van der Waals surface area contributed by atoms with E-state index in [0.717, 1.165) is 11.8 Å². The summed E-state index contributed by atoms with van der Waals surface area (Å²) in [5, 5.41) is 18.1. The molecule has 2 aromatic carbocycles. The molecule has 0 saturated heterocycles. The maximum absolute atomic E-state index is 11.8. The number of methoxy groups -OCH3 is 1. The van der Waals surface area contributed by atoms with Gasteiger partial charge in [-0.15, -0.1) is 10.2 Å². The highest BCUT2D eigenvalue weighted by Gasteiger charge is 2.17. The van der Waals surface area contributed by atoms with Crippen LogP contribution in [0, 0.1) is 0 Å². The number of esters is 1. The molecule has 0 spiro atoms. The monoisotopic (exact) mass is 490 g/mol. The number of halogens is 1. The topological polar surface area (TPSA) is 121 Å². The number of carboxylic acid groups (broad SMARTS) is 1. The first kappa shape index (κ1) is 24.1. The van der Waals surface area contributed by atoms with E-state index in [4.69, 9.17) is 30.2 Å². The lowest BCUT2D eigenvalue weighted by Gasteiger charge is -2.11. The van der Waals surface area contributed by atoms with Crippen molar-refractivity contribution in [2.24, 2.45) is 0 Å². The van der Waals surface area contributed by atoms with Crippen molar-refractivity contribution in [2.45, 2.75) is 12.1 Å². The molecule has 0 amide bonds. The van der Waals surface area contributed by atoms with Gasteiger partial charge in [-0.3, -0.25) is 0 Å². The molecule has 1 heterocycles. The Morgan fingerprint density at radius 3 is 2.58 bits per heavy atom. The number of aliphatic carboxylic acids is 1. The largest absolute Gasteiger partial charge is 0.493 e. The zero-order valence-electron chi connectivity index (χ0n) is 17.6. The molecule has 9 nitrogen and oxygen atoms in total. The second kappa shape index (κ2) is 11.4. The third kappa shape index (κ3) is 6.74. The van der Waals surface area contributed by atoms with Crippen LogP contribution in [0.3, 0.4) is 0 Å². The van der Waals surface area contributed by atoms with E-state index in [9.17, 15) is 14.7 Å². The average molecular weight is 491 g/mol. The van der Waals surface area contributed by atoms with Gasteiger partial charge in [0.2, 0.25) is 5.89 Å². The van der Waals surface area contributed by atoms with Gasteiger partial charge in [-0.05, 0) is 66.7 Å². The van der Waals surface area contributed by atoms with E-state index in [-0.39, 0.29) is 29.2 Å². The Hall–Kier alpha value is -3.50. The van der Waals surface area contributed by atoms with Gasteiger partial charge in [-0.2, -0.15) is 0 Å². The van der Waals surface area contributed by atoms with Crippen molar-refractivity contribution >= 4 is 41.4 Å². The Balaban J connectivity index is 1.77. The first-order valence-electron chi connectivity index (χ1n) is 9.58. The van der Waals surface area contributed by atoms with Gasteiger partial charge in [0.25, 0.3) is 5.22 Å². The summed E-state index contributed by atoms with van der Waals surface area (Å²) in [5.74, 6) is -0.801. The summed E-state index contributed by atoms with van der Waals surface area (Å²) in [6, 6.07) is 11.6. The van der Waals surface area contributed by atoms with Gasteiger partial charge in [0.1, 0.15) is 4.91 Å². The van der Waals surface area contributed by atoms with Crippen LogP contribution >= 0.6 is 23.4 Å². The Kier molecular flexibility index (Phi) is 8.34. The fraction of sp³-hybridized carbons (Fsp3) is 0.182. The van der Waals surface area contributed by atoms with Crippen LogP contribution in [-0.4, -0.2) is 47.6 Å². The van der Waals surface area contributed by atoms with Crippen molar-refractivity contribution in [2.75, 3.05) is 20.3 Å². The maximum atomic E-state index is 11.8. The summed E-state index contributed by atoms with van der Waals surface area (Å²) < 4.78 is 21.1. The Morgan fingerprint density at radius 2 is 1.91 bits per heavy atom. The van der Waals surface area contributed by atoms with E-state index in [2.05, 4.69) is 10.2 Å². The van der Waals surface area contributed by atoms with Gasteiger partial charge in [0, 0.05) is 10.6 Å². The SMILES string of the molecule is CCOC(=O)COc1ccc(/C=C(\Sc2nnc(-c3ccc(Cl)cc3)o2)C(=O)O)cc1OC. The van der Waals surface area contributed by atoms with E-state index in [1.54, 1.807) is 49.4 Å². The summed E-state index contributed by atoms with van der Waals surface area (Å²) in [5.41, 5.74) is 1.18. The summed E-state index contributed by atoms with van der Waals surface area (Å²) in [7, 11) is 1.43. The number of hydrogen-bond acceptors (Lipinski definition) is 9. The average Bonchev–Trinajstić information content (AvgIpc) is 3.26. The molecule has 0 atom stereocenters. The van der Waals surface area contributed by atoms with Crippen molar-refractivity contribution in [1.82, 2.24) is 10.2 Å². The Bertz CT molecular complexity index is 1160. The Morgan fingerprint density at radius 1 is 1.15 bits per heavy atom. The predicted octanol–water partition coefficient (Wildman–Crippen LogP) is 4.56. The second-order valence-electron chi connectivity index (χ2n) is 6.30. The lowest BCUT2D eigenvalue weighted by Crippen LogP contribution is -2.14. The number of rotatable bonds is 10. The zero-order chi connectivity index (χ0) is 23.8. The van der Waals surface area contributed by atoms with Gasteiger partial charge in [0.15, 0.2) is 18.1 Å². The summed E-state index contributed by atoms with van der Waals surface area (Å²) >= 11 is 6.69. The van der Waals surface area contributed by atoms with Gasteiger partial charge in [0.05, 0.1) is 13.7 Å². The van der Waals surface area contributed by atoms with E-state index in [0.29, 0.717) is 27.6 Å². The minimum atomic E-state index is -1.17. The molecule has 33 heavy (non-hydrogen) atoms. The number of carbonyl (C=O) groups is 2. The second-order valence-corrected chi connectivity index (χ2v) is 7.73. The summed E-state index contributed by atoms with van der Waals surface area (Å²) in [6.07, 6.45) is 1.43. The molecule has 0 aliphatic heterocycles. The summed E-state index contributed by atoms with van der Waals surface area (Å²) in [6.45, 7) is 1.67. The molecule has 0 radical (unpaired) electrons. The highest BCUT2D eigenvalue weighted by Crippen LogP contribution is 2.33. The minimum Gasteiger partial charge on any atom is -0.493 e. The first-order chi connectivity index (χ1) is 15.9. The van der Waals surface area contributed by atoms with Crippen LogP contribution in [0.25, 0.3) is 17.5 Å². The predicted molar refractivity (Wildman–Crippen MR) is 121 cm³/mol. The number of benzene rings is 2. The van der Waals surface area contributed by atoms with Gasteiger partial charge >= 0.3 is 11.9 Å². The van der Waals surface area contributed by atoms with E-state index < -0.39 is 11.9 Å². The third-order valence-electron chi connectivity index (χ3n) is 4.04. The summed E-state index contributed by atoms with van der Waals surface area (Å²) in [4.78, 5) is 23.2. The van der Waals surface area contributed by atoms with Crippen LogP contribution in [0.1, 0.15) is 12.5 Å². The number of ether oxygens (including phenoxy) is 3. The molecule has 172 valence electrons. The minimum absolute atomic E-state index is 0.0523. The standard InChI is InChI=1S/C22H19ClN2O7S/c1-3-30-19(26)12-31-16-9-4-13(10-17(16)29-2)11-18(21(27)28)33-22-25-24-20(32-22)14-5-7-15(23)8-6-14/h4-11H,3,12H2,1-2H3,(H,27,28)/b18-11-. The maximum Gasteiger partial charge on any atom is 0.344 e. The molecule has 0 aliphatic carbocycles. The molecule has 1 N–H and O–H groups in total. The first-order valence-corrected chi connectivity index (χ1v) is 10.8. The molecule has 0 saturated carbocycles. The molecule has 0 bridgehead atoms. The third-order valence-corrected chi connectivity index (χ3v) is 5.15. The molecule has 3 aromatic rings. The van der Waals surface area contributed by atoms with E-state index >= 15 is 0 Å². The lowest BCUT2D eigenvalue weighted by atomic mass is 10.2. The normalized spacial score (nSPS) is 11.2. The molecular formula is C22H19ClN2O7S. The van der Waals surface area contributed by atoms with E-state index in [1.165, 1.54) is 13.2 Å². The highest BCUT2D eigenvalue weighted by molar-refractivity contribution is 8.03. The van der Waals surface area contributed by atoms with Gasteiger partial charge in [-0.1, -0.05) is 17.7 Å². The van der Waals surface area contributed by atoms with Crippen LogP contribution < -0.4 is 9.47 Å². The van der Waals surface area contributed by atoms with Crippen molar-refractivity contribution in [3.63, 3.8) is 0 Å². The van der Waals surface area contributed by atoms with Crippen molar-refractivity contribution < 1.29 is 33.3 Å². The number of thioether (sulfide) groups is 1. The van der Waals surface area contributed by atoms with Crippen LogP contribution in [-0.2, 0) is 14.3 Å².